The van der Waals surface area contributed by atoms with E-state index >= 15 is 0 Å². The molecule has 90 valence electrons. The van der Waals surface area contributed by atoms with E-state index in [1.807, 2.05) is 0 Å². The molecular formula is C13H11N3O2. The number of anilines is 2. The molecule has 5 heteroatoms. The maximum Gasteiger partial charge on any atom is 0.257 e. The zero-order chi connectivity index (χ0) is 12.8. The van der Waals surface area contributed by atoms with Gasteiger partial charge in [0, 0.05) is 23.8 Å². The van der Waals surface area contributed by atoms with Crippen molar-refractivity contribution in [2.24, 2.45) is 0 Å². The Labute approximate surface area is 104 Å². The molecule has 0 aliphatic heterocycles. The van der Waals surface area contributed by atoms with Crippen molar-refractivity contribution in [2.45, 2.75) is 0 Å². The number of nitrogens with one attached hydrogen (secondary N) is 2. The lowest BCUT2D eigenvalue weighted by Gasteiger charge is -2.05. The van der Waals surface area contributed by atoms with Crippen molar-refractivity contribution in [1.29, 1.82) is 0 Å². The van der Waals surface area contributed by atoms with Crippen LogP contribution in [0.25, 0.3) is 0 Å². The lowest BCUT2D eigenvalue weighted by Crippen LogP contribution is -2.11. The Morgan fingerprint density at radius 1 is 1.11 bits per heavy atom. The fraction of sp³-hybridized carbons (Fsp3) is 0. The van der Waals surface area contributed by atoms with E-state index in [1.165, 1.54) is 6.20 Å². The molecule has 5 nitrogen and oxygen atoms in total. The van der Waals surface area contributed by atoms with Gasteiger partial charge >= 0.3 is 0 Å². The molecule has 0 bridgehead atoms. The molecule has 1 aromatic heterocycles. The van der Waals surface area contributed by atoms with E-state index in [0.717, 1.165) is 0 Å². The molecule has 0 atom stereocenters. The largest absolute Gasteiger partial charge is 0.329 e. The van der Waals surface area contributed by atoms with Crippen LogP contribution < -0.4 is 10.6 Å². The third-order valence-electron chi connectivity index (χ3n) is 2.29. The first-order chi connectivity index (χ1) is 8.79. The van der Waals surface area contributed by atoms with E-state index in [0.29, 0.717) is 23.3 Å². The topological polar surface area (TPSA) is 71.1 Å². The van der Waals surface area contributed by atoms with Crippen LogP contribution in [0, 0.1) is 0 Å². The normalized spacial score (nSPS) is 9.56. The van der Waals surface area contributed by atoms with Crippen LogP contribution in [0.5, 0.6) is 0 Å². The van der Waals surface area contributed by atoms with Crippen LogP contribution in [0.3, 0.4) is 0 Å². The fourth-order valence-corrected chi connectivity index (χ4v) is 1.42. The van der Waals surface area contributed by atoms with Crippen LogP contribution in [0.2, 0.25) is 0 Å². The molecule has 0 aliphatic carbocycles. The molecule has 0 fully saturated rings. The summed E-state index contributed by atoms with van der Waals surface area (Å²) in [7, 11) is 0. The molecule has 2 rings (SSSR count). The first-order valence-electron chi connectivity index (χ1n) is 5.31. The highest BCUT2D eigenvalue weighted by atomic mass is 16.1. The number of pyridine rings is 1. The first-order valence-corrected chi connectivity index (χ1v) is 5.31. The van der Waals surface area contributed by atoms with Crippen LogP contribution in [-0.2, 0) is 4.79 Å². The summed E-state index contributed by atoms with van der Waals surface area (Å²) in [6, 6.07) is 10.2. The van der Waals surface area contributed by atoms with E-state index in [9.17, 15) is 9.59 Å². The molecule has 1 aromatic carbocycles. The Bertz CT molecular complexity index is 538. The maximum atomic E-state index is 11.8. The van der Waals surface area contributed by atoms with Gasteiger partial charge in [0.1, 0.15) is 0 Å². The maximum absolute atomic E-state index is 11.8. The first kappa shape index (κ1) is 11.8. The van der Waals surface area contributed by atoms with Crippen molar-refractivity contribution in [2.75, 3.05) is 10.6 Å². The van der Waals surface area contributed by atoms with Crippen molar-refractivity contribution >= 4 is 23.7 Å². The van der Waals surface area contributed by atoms with Crippen molar-refractivity contribution in [3.8, 4) is 0 Å². The summed E-state index contributed by atoms with van der Waals surface area (Å²) in [4.78, 5) is 25.9. The smallest absolute Gasteiger partial charge is 0.257 e. The van der Waals surface area contributed by atoms with E-state index in [1.54, 1.807) is 42.6 Å². The molecule has 2 aromatic rings. The molecule has 0 saturated heterocycles. The van der Waals surface area contributed by atoms with Crippen LogP contribution in [0.1, 0.15) is 10.4 Å². The summed E-state index contributed by atoms with van der Waals surface area (Å²) < 4.78 is 0. The van der Waals surface area contributed by atoms with Gasteiger partial charge < -0.3 is 10.6 Å². The van der Waals surface area contributed by atoms with Crippen molar-refractivity contribution < 1.29 is 9.59 Å². The molecular weight excluding hydrogens is 230 g/mol. The predicted octanol–water partition coefficient (Wildman–Crippen LogP) is 1.90. The van der Waals surface area contributed by atoms with Gasteiger partial charge in [-0.2, -0.15) is 0 Å². The van der Waals surface area contributed by atoms with Crippen LogP contribution in [-0.4, -0.2) is 17.3 Å². The number of hydrogen-bond donors (Lipinski definition) is 2. The van der Waals surface area contributed by atoms with Gasteiger partial charge in [-0.3, -0.25) is 14.6 Å². The van der Waals surface area contributed by atoms with Gasteiger partial charge in [0.15, 0.2) is 0 Å². The van der Waals surface area contributed by atoms with Crippen molar-refractivity contribution in [1.82, 2.24) is 4.98 Å². The number of carbonyl (C=O) groups is 2. The molecule has 18 heavy (non-hydrogen) atoms. The third kappa shape index (κ3) is 2.91. The average Bonchev–Trinajstić information content (AvgIpc) is 2.42. The molecule has 2 amide bonds. The third-order valence-corrected chi connectivity index (χ3v) is 2.29. The number of carbonyl (C=O) groups excluding carboxylic acids is 2. The second kappa shape index (κ2) is 5.58. The van der Waals surface area contributed by atoms with E-state index < -0.39 is 0 Å². The lowest BCUT2D eigenvalue weighted by molar-refractivity contribution is -0.105. The summed E-state index contributed by atoms with van der Waals surface area (Å²) >= 11 is 0. The summed E-state index contributed by atoms with van der Waals surface area (Å²) in [6.07, 6.45) is 3.71. The molecule has 0 unspecified atom stereocenters. The molecule has 0 saturated carbocycles. The number of hydrogen-bond acceptors (Lipinski definition) is 3. The molecule has 2 N–H and O–H groups in total. The van der Waals surface area contributed by atoms with Gasteiger partial charge in [-0.05, 0) is 36.4 Å². The minimum atomic E-state index is -0.223. The number of benzene rings is 1. The highest BCUT2D eigenvalue weighted by molar-refractivity contribution is 6.04. The van der Waals surface area contributed by atoms with Crippen LogP contribution in [0.15, 0.2) is 48.8 Å². The monoisotopic (exact) mass is 241 g/mol. The van der Waals surface area contributed by atoms with Gasteiger partial charge in [-0.1, -0.05) is 0 Å². The lowest BCUT2D eigenvalue weighted by atomic mass is 10.2. The Balaban J connectivity index is 2.05. The van der Waals surface area contributed by atoms with Gasteiger partial charge in [-0.25, -0.2) is 0 Å². The second-order valence-electron chi connectivity index (χ2n) is 3.54. The molecule has 0 radical (unpaired) electrons. The van der Waals surface area contributed by atoms with Gasteiger partial charge in [0.2, 0.25) is 6.41 Å². The Morgan fingerprint density at radius 3 is 2.44 bits per heavy atom. The average molecular weight is 241 g/mol. The highest BCUT2D eigenvalue weighted by Gasteiger charge is 2.05. The quantitative estimate of drug-likeness (QED) is 0.803. The summed E-state index contributed by atoms with van der Waals surface area (Å²) in [5.41, 5.74) is 1.82. The van der Waals surface area contributed by atoms with E-state index in [2.05, 4.69) is 15.6 Å². The molecule has 0 aliphatic rings. The molecule has 0 spiro atoms. The minimum Gasteiger partial charge on any atom is -0.329 e. The number of aromatic nitrogens is 1. The fourth-order valence-electron chi connectivity index (χ4n) is 1.42. The van der Waals surface area contributed by atoms with E-state index in [-0.39, 0.29) is 5.91 Å². The highest BCUT2D eigenvalue weighted by Crippen LogP contribution is 2.13. The molecule has 1 heterocycles. The van der Waals surface area contributed by atoms with Crippen molar-refractivity contribution in [3.05, 3.63) is 54.4 Å². The van der Waals surface area contributed by atoms with E-state index in [4.69, 9.17) is 0 Å². The SMILES string of the molecule is O=CNc1ccc(NC(=O)c2cccnc2)cc1. The predicted molar refractivity (Wildman–Crippen MR) is 68.3 cm³/mol. The zero-order valence-electron chi connectivity index (χ0n) is 9.46. The zero-order valence-corrected chi connectivity index (χ0v) is 9.46. The van der Waals surface area contributed by atoms with Crippen LogP contribution >= 0.6 is 0 Å². The second-order valence-corrected chi connectivity index (χ2v) is 3.54. The van der Waals surface area contributed by atoms with Crippen molar-refractivity contribution in [3.63, 3.8) is 0 Å². The standard InChI is InChI=1S/C13H11N3O2/c17-9-15-11-3-5-12(6-4-11)16-13(18)10-2-1-7-14-8-10/h1-9H,(H,15,17)(H,16,18). The van der Waals surface area contributed by atoms with Gasteiger partial charge in [0.05, 0.1) is 5.56 Å². The number of amides is 2. The van der Waals surface area contributed by atoms with Crippen LogP contribution in [0.4, 0.5) is 11.4 Å². The Morgan fingerprint density at radius 2 is 1.83 bits per heavy atom. The number of nitrogens with zero attached hydrogens (tertiary/aromatic N) is 1. The number of rotatable bonds is 4. The van der Waals surface area contributed by atoms with Gasteiger partial charge in [-0.15, -0.1) is 0 Å². The minimum absolute atomic E-state index is 0.223. The summed E-state index contributed by atoms with van der Waals surface area (Å²) in [5, 5.41) is 5.25. The summed E-state index contributed by atoms with van der Waals surface area (Å²) in [5.74, 6) is -0.223. The Hall–Kier alpha value is -2.69. The Kier molecular flexibility index (Phi) is 3.66. The summed E-state index contributed by atoms with van der Waals surface area (Å²) in [6.45, 7) is 0. The van der Waals surface area contributed by atoms with Gasteiger partial charge in [0.25, 0.3) is 5.91 Å².